The number of methoxy groups -OCH3 is 1. The normalized spacial score (nSPS) is 10.8. The summed E-state index contributed by atoms with van der Waals surface area (Å²) >= 11 is 7.39. The van der Waals surface area contributed by atoms with E-state index in [1.54, 1.807) is 7.11 Å². The Bertz CT molecular complexity index is 464. The fraction of sp³-hybridized carbons (Fsp3) is 0.200. The van der Waals surface area contributed by atoms with Gasteiger partial charge in [-0.05, 0) is 29.1 Å². The molecule has 0 saturated heterocycles. The molecule has 0 radical (unpaired) electrons. The average molecular weight is 229 g/mol. The van der Waals surface area contributed by atoms with Gasteiger partial charge in [0.2, 0.25) is 0 Å². The van der Waals surface area contributed by atoms with E-state index < -0.39 is 0 Å². The first-order valence-electron chi connectivity index (χ1n) is 4.11. The highest BCUT2D eigenvalue weighted by Crippen LogP contribution is 2.36. The summed E-state index contributed by atoms with van der Waals surface area (Å²) in [6, 6.07) is 5.62. The third-order valence-corrected chi connectivity index (χ3v) is 3.31. The van der Waals surface area contributed by atoms with Gasteiger partial charge in [0.05, 0.1) is 22.8 Å². The smallest absolute Gasteiger partial charge is 0.137 e. The predicted molar refractivity (Wildman–Crippen MR) is 59.3 cm³/mol. The maximum atomic E-state index is 9.04. The van der Waals surface area contributed by atoms with Crippen LogP contribution in [0.4, 0.5) is 0 Å². The van der Waals surface area contributed by atoms with Crippen LogP contribution in [0.2, 0.25) is 4.34 Å². The van der Waals surface area contributed by atoms with Crippen LogP contribution in [-0.2, 0) is 6.61 Å². The summed E-state index contributed by atoms with van der Waals surface area (Å²) in [7, 11) is 1.61. The summed E-state index contributed by atoms with van der Waals surface area (Å²) in [4.78, 5) is 0. The van der Waals surface area contributed by atoms with Crippen molar-refractivity contribution in [2.24, 2.45) is 0 Å². The summed E-state index contributed by atoms with van der Waals surface area (Å²) in [6.07, 6.45) is 0. The van der Waals surface area contributed by atoms with Gasteiger partial charge in [-0.1, -0.05) is 11.6 Å². The molecule has 14 heavy (non-hydrogen) atoms. The second kappa shape index (κ2) is 3.77. The van der Waals surface area contributed by atoms with Crippen LogP contribution >= 0.6 is 22.9 Å². The number of ether oxygens (including phenoxy) is 1. The highest BCUT2D eigenvalue weighted by atomic mass is 35.5. The van der Waals surface area contributed by atoms with Gasteiger partial charge in [-0.2, -0.15) is 0 Å². The van der Waals surface area contributed by atoms with Crippen molar-refractivity contribution in [3.05, 3.63) is 28.1 Å². The lowest BCUT2D eigenvalue weighted by atomic mass is 10.1. The molecule has 2 rings (SSSR count). The Morgan fingerprint density at radius 3 is 2.86 bits per heavy atom. The molecule has 0 atom stereocenters. The fourth-order valence-corrected chi connectivity index (χ4v) is 2.60. The Hall–Kier alpha value is -0.770. The van der Waals surface area contributed by atoms with E-state index in [4.69, 9.17) is 21.4 Å². The molecular formula is C10H9ClO2S. The molecule has 0 spiro atoms. The molecule has 4 heteroatoms. The summed E-state index contributed by atoms with van der Waals surface area (Å²) in [6.45, 7) is 0.0137. The van der Waals surface area contributed by atoms with Crippen molar-refractivity contribution in [1.29, 1.82) is 0 Å². The molecule has 0 bridgehead atoms. The van der Waals surface area contributed by atoms with E-state index in [2.05, 4.69) is 0 Å². The van der Waals surface area contributed by atoms with Gasteiger partial charge < -0.3 is 9.84 Å². The second-order valence-corrected chi connectivity index (χ2v) is 4.61. The van der Waals surface area contributed by atoms with Gasteiger partial charge in [0.25, 0.3) is 0 Å². The Morgan fingerprint density at radius 1 is 1.43 bits per heavy atom. The van der Waals surface area contributed by atoms with Gasteiger partial charge in [0.1, 0.15) is 5.75 Å². The van der Waals surface area contributed by atoms with Crippen molar-refractivity contribution in [3.63, 3.8) is 0 Å². The first kappa shape index (κ1) is 9.77. The molecule has 74 valence electrons. The first-order chi connectivity index (χ1) is 6.74. The van der Waals surface area contributed by atoms with Gasteiger partial charge in [0, 0.05) is 0 Å². The Labute approximate surface area is 90.7 Å². The number of rotatable bonds is 2. The SMILES string of the molecule is COc1cc(CO)cc2cc(Cl)sc12. The van der Waals surface area contributed by atoms with Crippen LogP contribution in [-0.4, -0.2) is 12.2 Å². The minimum atomic E-state index is 0.0137. The van der Waals surface area contributed by atoms with Crippen LogP contribution in [0.1, 0.15) is 5.56 Å². The third-order valence-electron chi connectivity index (χ3n) is 2.01. The lowest BCUT2D eigenvalue weighted by molar-refractivity contribution is 0.281. The fourth-order valence-electron chi connectivity index (χ4n) is 1.39. The van der Waals surface area contributed by atoms with Gasteiger partial charge in [0.15, 0.2) is 0 Å². The van der Waals surface area contributed by atoms with E-state index in [1.165, 1.54) is 11.3 Å². The van der Waals surface area contributed by atoms with Crippen LogP contribution in [0.15, 0.2) is 18.2 Å². The van der Waals surface area contributed by atoms with Gasteiger partial charge in [-0.25, -0.2) is 0 Å². The summed E-state index contributed by atoms with van der Waals surface area (Å²) in [5.41, 5.74) is 0.837. The second-order valence-electron chi connectivity index (χ2n) is 2.93. The van der Waals surface area contributed by atoms with E-state index in [1.807, 2.05) is 18.2 Å². The van der Waals surface area contributed by atoms with Crippen molar-refractivity contribution in [2.45, 2.75) is 6.61 Å². The van der Waals surface area contributed by atoms with Crippen molar-refractivity contribution in [1.82, 2.24) is 0 Å². The van der Waals surface area contributed by atoms with E-state index >= 15 is 0 Å². The minimum Gasteiger partial charge on any atom is -0.495 e. The van der Waals surface area contributed by atoms with E-state index in [9.17, 15) is 0 Å². The molecule has 0 amide bonds. The van der Waals surface area contributed by atoms with Gasteiger partial charge in [-0.3, -0.25) is 0 Å². The number of hydrogen-bond acceptors (Lipinski definition) is 3. The van der Waals surface area contributed by atoms with Crippen molar-refractivity contribution in [3.8, 4) is 5.75 Å². The zero-order chi connectivity index (χ0) is 10.1. The van der Waals surface area contributed by atoms with Crippen LogP contribution in [0.5, 0.6) is 5.75 Å². The number of aliphatic hydroxyl groups excluding tert-OH is 1. The molecule has 1 heterocycles. The van der Waals surface area contributed by atoms with E-state index in [0.29, 0.717) is 0 Å². The average Bonchev–Trinajstić information content (AvgIpc) is 2.56. The highest BCUT2D eigenvalue weighted by molar-refractivity contribution is 7.23. The number of halogens is 1. The molecule has 0 unspecified atom stereocenters. The molecular weight excluding hydrogens is 220 g/mol. The molecule has 0 fully saturated rings. The van der Waals surface area contributed by atoms with Crippen molar-refractivity contribution >= 4 is 33.0 Å². The lowest BCUT2D eigenvalue weighted by Crippen LogP contribution is -1.87. The molecule has 0 aliphatic rings. The highest BCUT2D eigenvalue weighted by Gasteiger charge is 2.07. The van der Waals surface area contributed by atoms with Gasteiger partial charge >= 0.3 is 0 Å². The number of aliphatic hydroxyl groups is 1. The van der Waals surface area contributed by atoms with Crippen LogP contribution in [0.25, 0.3) is 10.1 Å². The lowest BCUT2D eigenvalue weighted by Gasteiger charge is -2.03. The number of fused-ring (bicyclic) bond motifs is 1. The monoisotopic (exact) mass is 228 g/mol. The molecule has 1 aromatic heterocycles. The Balaban J connectivity index is 2.72. The van der Waals surface area contributed by atoms with Crippen molar-refractivity contribution < 1.29 is 9.84 Å². The van der Waals surface area contributed by atoms with Crippen molar-refractivity contribution in [2.75, 3.05) is 7.11 Å². The molecule has 1 N–H and O–H groups in total. The summed E-state index contributed by atoms with van der Waals surface area (Å²) < 4.78 is 6.98. The quantitative estimate of drug-likeness (QED) is 0.856. The number of hydrogen-bond donors (Lipinski definition) is 1. The molecule has 1 aromatic carbocycles. The van der Waals surface area contributed by atoms with Crippen LogP contribution < -0.4 is 4.74 Å². The summed E-state index contributed by atoms with van der Waals surface area (Å²) in [5, 5.41) is 10.1. The number of thiophene rings is 1. The van der Waals surface area contributed by atoms with E-state index in [-0.39, 0.29) is 6.61 Å². The predicted octanol–water partition coefficient (Wildman–Crippen LogP) is 3.06. The molecule has 0 aliphatic heterocycles. The van der Waals surface area contributed by atoms with Gasteiger partial charge in [-0.15, -0.1) is 11.3 Å². The maximum Gasteiger partial charge on any atom is 0.137 e. The Morgan fingerprint density at radius 2 is 2.21 bits per heavy atom. The summed E-state index contributed by atoms with van der Waals surface area (Å²) in [5.74, 6) is 0.767. The third kappa shape index (κ3) is 1.59. The first-order valence-corrected chi connectivity index (χ1v) is 5.31. The molecule has 0 aliphatic carbocycles. The molecule has 0 saturated carbocycles. The molecule has 2 aromatic rings. The standard InChI is InChI=1S/C10H9ClO2S/c1-13-8-3-6(5-12)2-7-4-9(11)14-10(7)8/h2-4,12H,5H2,1H3. The Kier molecular flexibility index (Phi) is 2.63. The zero-order valence-electron chi connectivity index (χ0n) is 7.58. The largest absolute Gasteiger partial charge is 0.495 e. The van der Waals surface area contributed by atoms with Crippen LogP contribution in [0, 0.1) is 0 Å². The van der Waals surface area contributed by atoms with Crippen LogP contribution in [0.3, 0.4) is 0 Å². The molecule has 2 nitrogen and oxygen atoms in total. The topological polar surface area (TPSA) is 29.5 Å². The van der Waals surface area contributed by atoms with E-state index in [0.717, 1.165) is 25.7 Å². The zero-order valence-corrected chi connectivity index (χ0v) is 9.15. The number of benzene rings is 1. The maximum absolute atomic E-state index is 9.04. The minimum absolute atomic E-state index is 0.0137.